The molecule has 5 heteroatoms. The molecule has 1 atom stereocenters. The topological polar surface area (TPSA) is 32.3 Å². The fraction of sp³-hybridized carbons (Fsp3) is 0.562. The monoisotopic (exact) mass is 372 g/mol. The lowest BCUT2D eigenvalue weighted by Crippen LogP contribution is -2.44. The molecule has 3 nitrogen and oxygen atoms in total. The SMILES string of the molecule is CC(C)N(CC1CCCNC1)C(=O)c1ccc(Cl)c(Br)c1. The summed E-state index contributed by atoms with van der Waals surface area (Å²) in [5.74, 6) is 0.619. The van der Waals surface area contributed by atoms with Crippen molar-refractivity contribution in [2.75, 3.05) is 19.6 Å². The maximum Gasteiger partial charge on any atom is 0.254 e. The van der Waals surface area contributed by atoms with E-state index >= 15 is 0 Å². The minimum Gasteiger partial charge on any atom is -0.336 e. The molecule has 1 fully saturated rings. The van der Waals surface area contributed by atoms with Gasteiger partial charge >= 0.3 is 0 Å². The Kier molecular flexibility index (Phi) is 6.08. The molecular formula is C16H22BrClN2O. The predicted molar refractivity (Wildman–Crippen MR) is 90.9 cm³/mol. The number of hydrogen-bond acceptors (Lipinski definition) is 2. The van der Waals surface area contributed by atoms with Crippen LogP contribution in [0.4, 0.5) is 0 Å². The number of halogens is 2. The zero-order valence-electron chi connectivity index (χ0n) is 12.5. The van der Waals surface area contributed by atoms with Crippen molar-refractivity contribution in [1.82, 2.24) is 10.2 Å². The van der Waals surface area contributed by atoms with Crippen molar-refractivity contribution in [3.63, 3.8) is 0 Å². The van der Waals surface area contributed by atoms with Gasteiger partial charge in [0, 0.05) is 22.6 Å². The number of hydrogen-bond donors (Lipinski definition) is 1. The highest BCUT2D eigenvalue weighted by Crippen LogP contribution is 2.24. The van der Waals surface area contributed by atoms with Crippen LogP contribution in [0.1, 0.15) is 37.0 Å². The molecule has 1 aromatic rings. The van der Waals surface area contributed by atoms with Gasteiger partial charge in [-0.1, -0.05) is 11.6 Å². The fourth-order valence-corrected chi connectivity index (χ4v) is 3.18. The molecule has 0 aromatic heterocycles. The third-order valence-corrected chi connectivity index (χ3v) is 5.12. The summed E-state index contributed by atoms with van der Waals surface area (Å²) in [7, 11) is 0. The van der Waals surface area contributed by atoms with Crippen molar-refractivity contribution >= 4 is 33.4 Å². The molecule has 1 saturated heterocycles. The maximum atomic E-state index is 12.8. The average Bonchev–Trinajstić information content (AvgIpc) is 2.47. The lowest BCUT2D eigenvalue weighted by Gasteiger charge is -2.33. The minimum absolute atomic E-state index is 0.0768. The van der Waals surface area contributed by atoms with Crippen LogP contribution in [0.15, 0.2) is 22.7 Å². The highest BCUT2D eigenvalue weighted by atomic mass is 79.9. The molecule has 1 aromatic carbocycles. The first-order valence-electron chi connectivity index (χ1n) is 7.45. The number of nitrogens with zero attached hydrogens (tertiary/aromatic N) is 1. The maximum absolute atomic E-state index is 12.8. The number of carbonyl (C=O) groups is 1. The highest BCUT2D eigenvalue weighted by molar-refractivity contribution is 9.10. The van der Waals surface area contributed by atoms with Crippen molar-refractivity contribution in [2.24, 2.45) is 5.92 Å². The Morgan fingerprint density at radius 1 is 1.52 bits per heavy atom. The van der Waals surface area contributed by atoms with Gasteiger partial charge in [-0.05, 0) is 79.8 Å². The van der Waals surface area contributed by atoms with Crippen LogP contribution in [0.5, 0.6) is 0 Å². The normalized spacial score (nSPS) is 18.8. The Morgan fingerprint density at radius 2 is 2.29 bits per heavy atom. The van der Waals surface area contributed by atoms with Crippen LogP contribution >= 0.6 is 27.5 Å². The molecule has 0 spiro atoms. The van der Waals surface area contributed by atoms with Gasteiger partial charge in [0.05, 0.1) is 5.02 Å². The van der Waals surface area contributed by atoms with Gasteiger partial charge in [0.2, 0.25) is 0 Å². The Balaban J connectivity index is 2.12. The second kappa shape index (κ2) is 7.61. The van der Waals surface area contributed by atoms with Gasteiger partial charge in [-0.15, -0.1) is 0 Å². The van der Waals surface area contributed by atoms with E-state index in [0.29, 0.717) is 16.5 Å². The molecule has 0 saturated carbocycles. The zero-order valence-corrected chi connectivity index (χ0v) is 14.9. The number of benzene rings is 1. The van der Waals surface area contributed by atoms with E-state index in [4.69, 9.17) is 11.6 Å². The number of piperidine rings is 1. The zero-order chi connectivity index (χ0) is 15.4. The Morgan fingerprint density at radius 3 is 2.86 bits per heavy atom. The largest absolute Gasteiger partial charge is 0.336 e. The molecule has 1 unspecified atom stereocenters. The van der Waals surface area contributed by atoms with E-state index in [1.807, 2.05) is 4.90 Å². The lowest BCUT2D eigenvalue weighted by atomic mass is 9.98. The quantitative estimate of drug-likeness (QED) is 0.866. The summed E-state index contributed by atoms with van der Waals surface area (Å²) in [6.07, 6.45) is 2.38. The molecule has 1 aliphatic heterocycles. The van der Waals surface area contributed by atoms with Gasteiger partial charge in [-0.3, -0.25) is 4.79 Å². The van der Waals surface area contributed by atoms with Crippen LogP contribution in [-0.4, -0.2) is 36.5 Å². The summed E-state index contributed by atoms with van der Waals surface area (Å²) in [5.41, 5.74) is 0.684. The first-order valence-corrected chi connectivity index (χ1v) is 8.63. The molecular weight excluding hydrogens is 352 g/mol. The van der Waals surface area contributed by atoms with Gasteiger partial charge < -0.3 is 10.2 Å². The minimum atomic E-state index is 0.0768. The van der Waals surface area contributed by atoms with Crippen LogP contribution in [0, 0.1) is 5.92 Å². The number of carbonyl (C=O) groups excluding carboxylic acids is 1. The van der Waals surface area contributed by atoms with Crippen LogP contribution in [0.3, 0.4) is 0 Å². The Bertz CT molecular complexity index is 501. The molecule has 21 heavy (non-hydrogen) atoms. The van der Waals surface area contributed by atoms with E-state index in [1.54, 1.807) is 18.2 Å². The van der Waals surface area contributed by atoms with E-state index in [2.05, 4.69) is 35.1 Å². The van der Waals surface area contributed by atoms with E-state index in [9.17, 15) is 4.79 Å². The van der Waals surface area contributed by atoms with Gasteiger partial charge in [0.1, 0.15) is 0 Å². The molecule has 0 bridgehead atoms. The third-order valence-electron chi connectivity index (χ3n) is 3.90. The molecule has 1 heterocycles. The summed E-state index contributed by atoms with van der Waals surface area (Å²) < 4.78 is 0.762. The van der Waals surface area contributed by atoms with Crippen LogP contribution in [0.25, 0.3) is 0 Å². The molecule has 116 valence electrons. The van der Waals surface area contributed by atoms with Gasteiger partial charge in [0.25, 0.3) is 5.91 Å². The summed E-state index contributed by atoms with van der Waals surface area (Å²) in [5, 5.41) is 4.04. The smallest absolute Gasteiger partial charge is 0.254 e. The molecule has 1 amide bonds. The molecule has 0 radical (unpaired) electrons. The standard InChI is InChI=1S/C16H22BrClN2O/c1-11(2)20(10-12-4-3-7-19-9-12)16(21)13-5-6-15(18)14(17)8-13/h5-6,8,11-12,19H,3-4,7,9-10H2,1-2H3. The third kappa shape index (κ3) is 4.44. The number of nitrogens with one attached hydrogen (secondary N) is 1. The lowest BCUT2D eigenvalue weighted by molar-refractivity contribution is 0.0661. The van der Waals surface area contributed by atoms with E-state index in [-0.39, 0.29) is 11.9 Å². The number of rotatable bonds is 4. The summed E-state index contributed by atoms with van der Waals surface area (Å²) >= 11 is 9.39. The second-order valence-electron chi connectivity index (χ2n) is 5.89. The molecule has 1 aliphatic rings. The molecule has 2 rings (SSSR count). The number of amides is 1. The predicted octanol–water partition coefficient (Wildman–Crippen LogP) is 3.95. The van der Waals surface area contributed by atoms with Crippen molar-refractivity contribution in [2.45, 2.75) is 32.7 Å². The van der Waals surface area contributed by atoms with Crippen molar-refractivity contribution < 1.29 is 4.79 Å². The van der Waals surface area contributed by atoms with E-state index < -0.39 is 0 Å². The van der Waals surface area contributed by atoms with E-state index in [1.165, 1.54) is 12.8 Å². The van der Waals surface area contributed by atoms with E-state index in [0.717, 1.165) is 24.1 Å². The first-order chi connectivity index (χ1) is 9.99. The Hall–Kier alpha value is -0.580. The van der Waals surface area contributed by atoms with Gasteiger partial charge in [0.15, 0.2) is 0 Å². The fourth-order valence-electron chi connectivity index (χ4n) is 2.68. The second-order valence-corrected chi connectivity index (χ2v) is 7.15. The van der Waals surface area contributed by atoms with Crippen molar-refractivity contribution in [1.29, 1.82) is 0 Å². The van der Waals surface area contributed by atoms with Crippen molar-refractivity contribution in [3.05, 3.63) is 33.3 Å². The van der Waals surface area contributed by atoms with Gasteiger partial charge in [-0.2, -0.15) is 0 Å². The molecule has 1 N–H and O–H groups in total. The highest BCUT2D eigenvalue weighted by Gasteiger charge is 2.24. The first kappa shape index (κ1) is 16.8. The summed E-state index contributed by atoms with van der Waals surface area (Å²) in [6.45, 7) is 7.04. The summed E-state index contributed by atoms with van der Waals surface area (Å²) in [6, 6.07) is 5.55. The van der Waals surface area contributed by atoms with Crippen LogP contribution < -0.4 is 5.32 Å². The van der Waals surface area contributed by atoms with Crippen molar-refractivity contribution in [3.8, 4) is 0 Å². The van der Waals surface area contributed by atoms with Gasteiger partial charge in [-0.25, -0.2) is 0 Å². The summed E-state index contributed by atoms with van der Waals surface area (Å²) in [4.78, 5) is 14.7. The molecule has 0 aliphatic carbocycles. The van der Waals surface area contributed by atoms with Crippen LogP contribution in [0.2, 0.25) is 5.02 Å². The average molecular weight is 374 g/mol. The van der Waals surface area contributed by atoms with Crippen LogP contribution in [-0.2, 0) is 0 Å². The Labute approximate surface area is 140 Å².